The van der Waals surface area contributed by atoms with Gasteiger partial charge in [-0.2, -0.15) is 0 Å². The summed E-state index contributed by atoms with van der Waals surface area (Å²) in [7, 11) is 0. The van der Waals surface area contributed by atoms with E-state index in [9.17, 15) is 0 Å². The van der Waals surface area contributed by atoms with Crippen LogP contribution >= 0.6 is 0 Å². The molecule has 0 aliphatic rings. The molecular formula is C11H21NO. The van der Waals surface area contributed by atoms with Crippen LogP contribution in [0.4, 0.5) is 0 Å². The second-order valence-electron chi connectivity index (χ2n) is 3.65. The Labute approximate surface area is 81.1 Å². The maximum Gasteiger partial charge on any atom is 0.102 e. The minimum atomic E-state index is -0.246. The van der Waals surface area contributed by atoms with Crippen molar-refractivity contribution in [3.8, 4) is 0 Å². The summed E-state index contributed by atoms with van der Waals surface area (Å²) in [6.07, 6.45) is 5.28. The van der Waals surface area contributed by atoms with Crippen LogP contribution in [0.5, 0.6) is 0 Å². The molecule has 3 N–H and O–H groups in total. The first-order valence-corrected chi connectivity index (χ1v) is 4.81. The summed E-state index contributed by atoms with van der Waals surface area (Å²) in [5.41, 5.74) is 6.82. The van der Waals surface area contributed by atoms with Crippen molar-refractivity contribution in [1.29, 1.82) is 0 Å². The molecule has 0 bridgehead atoms. The number of unbranched alkanes of at least 4 members (excludes halogenated alkanes) is 2. The number of nitrogens with two attached hydrogens (primary N) is 1. The van der Waals surface area contributed by atoms with Crippen LogP contribution in [0.2, 0.25) is 0 Å². The molecule has 76 valence electrons. The van der Waals surface area contributed by atoms with Crippen LogP contribution in [0, 0.1) is 0 Å². The zero-order valence-electron chi connectivity index (χ0n) is 8.55. The van der Waals surface area contributed by atoms with Crippen molar-refractivity contribution in [2.24, 2.45) is 5.73 Å². The molecule has 1 unspecified atom stereocenters. The summed E-state index contributed by atoms with van der Waals surface area (Å²) in [5, 5.41) is 8.93. The SMILES string of the molecule is C=C(C)CCCCCC(N)C(=C)O. The van der Waals surface area contributed by atoms with Crippen molar-refractivity contribution in [1.82, 2.24) is 0 Å². The number of aliphatic hydroxyl groups is 1. The van der Waals surface area contributed by atoms with Gasteiger partial charge in [-0.3, -0.25) is 0 Å². The van der Waals surface area contributed by atoms with Crippen LogP contribution in [-0.4, -0.2) is 11.1 Å². The number of hydrogen-bond acceptors (Lipinski definition) is 2. The molecule has 0 rings (SSSR count). The van der Waals surface area contributed by atoms with E-state index in [4.69, 9.17) is 10.8 Å². The standard InChI is InChI=1S/C11H21NO/c1-9(2)7-5-4-6-8-11(12)10(3)13/h11,13H,1,3-8,12H2,2H3. The van der Waals surface area contributed by atoms with E-state index >= 15 is 0 Å². The predicted octanol–water partition coefficient (Wildman–Crippen LogP) is 2.91. The van der Waals surface area contributed by atoms with Gasteiger partial charge in [0.15, 0.2) is 0 Å². The molecule has 0 aromatic carbocycles. The highest BCUT2D eigenvalue weighted by atomic mass is 16.3. The molecule has 13 heavy (non-hydrogen) atoms. The third-order valence-corrected chi connectivity index (χ3v) is 2.05. The van der Waals surface area contributed by atoms with Gasteiger partial charge >= 0.3 is 0 Å². The van der Waals surface area contributed by atoms with Gasteiger partial charge in [0.05, 0.1) is 6.04 Å². The average molecular weight is 183 g/mol. The van der Waals surface area contributed by atoms with Crippen molar-refractivity contribution in [3.63, 3.8) is 0 Å². The van der Waals surface area contributed by atoms with E-state index in [0.717, 1.165) is 25.7 Å². The zero-order valence-corrected chi connectivity index (χ0v) is 8.55. The molecule has 0 aliphatic heterocycles. The lowest BCUT2D eigenvalue weighted by molar-refractivity contribution is 0.358. The maximum absolute atomic E-state index is 8.93. The fourth-order valence-electron chi connectivity index (χ4n) is 1.13. The first-order valence-electron chi connectivity index (χ1n) is 4.81. The van der Waals surface area contributed by atoms with E-state index in [0.29, 0.717) is 0 Å². The Balaban J connectivity index is 3.26. The largest absolute Gasteiger partial charge is 0.511 e. The van der Waals surface area contributed by atoms with Gasteiger partial charge in [-0.05, 0) is 26.2 Å². The number of aliphatic hydroxyl groups excluding tert-OH is 1. The Hall–Kier alpha value is -0.760. The molecule has 0 aromatic heterocycles. The molecule has 0 heterocycles. The monoisotopic (exact) mass is 183 g/mol. The van der Waals surface area contributed by atoms with Crippen LogP contribution in [0.3, 0.4) is 0 Å². The lowest BCUT2D eigenvalue weighted by Gasteiger charge is -2.08. The van der Waals surface area contributed by atoms with Crippen molar-refractivity contribution in [3.05, 3.63) is 24.5 Å². The molecule has 0 amide bonds. The van der Waals surface area contributed by atoms with E-state index in [-0.39, 0.29) is 11.8 Å². The lowest BCUT2D eigenvalue weighted by atomic mass is 10.1. The zero-order chi connectivity index (χ0) is 10.3. The van der Waals surface area contributed by atoms with E-state index in [1.165, 1.54) is 12.0 Å². The van der Waals surface area contributed by atoms with E-state index in [2.05, 4.69) is 13.2 Å². The normalized spacial score (nSPS) is 12.5. The van der Waals surface area contributed by atoms with Crippen LogP contribution in [0.1, 0.15) is 39.0 Å². The van der Waals surface area contributed by atoms with Gasteiger partial charge in [-0.15, -0.1) is 6.58 Å². The fraction of sp³-hybridized carbons (Fsp3) is 0.636. The molecule has 0 radical (unpaired) electrons. The van der Waals surface area contributed by atoms with Crippen molar-refractivity contribution >= 4 is 0 Å². The highest BCUT2D eigenvalue weighted by Gasteiger charge is 2.03. The van der Waals surface area contributed by atoms with Gasteiger partial charge in [-0.1, -0.05) is 25.0 Å². The highest BCUT2D eigenvalue weighted by Crippen LogP contribution is 2.10. The number of hydrogen-bond donors (Lipinski definition) is 2. The van der Waals surface area contributed by atoms with Gasteiger partial charge in [0.25, 0.3) is 0 Å². The third-order valence-electron chi connectivity index (χ3n) is 2.05. The Bertz CT molecular complexity index is 175. The molecule has 0 saturated carbocycles. The average Bonchev–Trinajstić information content (AvgIpc) is 2.02. The second kappa shape index (κ2) is 6.72. The lowest BCUT2D eigenvalue weighted by Crippen LogP contribution is -2.21. The third kappa shape index (κ3) is 7.60. The van der Waals surface area contributed by atoms with E-state index < -0.39 is 0 Å². The molecule has 2 nitrogen and oxygen atoms in total. The van der Waals surface area contributed by atoms with E-state index in [1.807, 2.05) is 6.92 Å². The molecule has 0 saturated heterocycles. The van der Waals surface area contributed by atoms with Crippen LogP contribution in [0.15, 0.2) is 24.5 Å². The summed E-state index contributed by atoms with van der Waals surface area (Å²) in [6.45, 7) is 9.28. The van der Waals surface area contributed by atoms with Gasteiger partial charge in [-0.25, -0.2) is 0 Å². The molecular weight excluding hydrogens is 162 g/mol. The van der Waals surface area contributed by atoms with Gasteiger partial charge in [0.2, 0.25) is 0 Å². The molecule has 0 fully saturated rings. The summed E-state index contributed by atoms with van der Waals surface area (Å²) in [5.74, 6) is 0.0971. The minimum Gasteiger partial charge on any atom is -0.511 e. The maximum atomic E-state index is 8.93. The molecule has 2 heteroatoms. The summed E-state index contributed by atoms with van der Waals surface area (Å²) in [4.78, 5) is 0. The highest BCUT2D eigenvalue weighted by molar-refractivity contribution is 4.92. The topological polar surface area (TPSA) is 46.2 Å². The quantitative estimate of drug-likeness (QED) is 0.362. The smallest absolute Gasteiger partial charge is 0.102 e. The molecule has 0 spiro atoms. The summed E-state index contributed by atoms with van der Waals surface area (Å²) < 4.78 is 0. The van der Waals surface area contributed by atoms with Gasteiger partial charge < -0.3 is 10.8 Å². The Kier molecular flexibility index (Phi) is 6.33. The van der Waals surface area contributed by atoms with Crippen molar-refractivity contribution in [2.75, 3.05) is 0 Å². The first-order chi connectivity index (χ1) is 6.04. The van der Waals surface area contributed by atoms with E-state index in [1.54, 1.807) is 0 Å². The number of rotatable bonds is 7. The van der Waals surface area contributed by atoms with Gasteiger partial charge in [0, 0.05) is 0 Å². The minimum absolute atomic E-state index is 0.0971. The first kappa shape index (κ1) is 12.2. The molecule has 0 aromatic rings. The Morgan fingerprint density at radius 3 is 2.38 bits per heavy atom. The second-order valence-corrected chi connectivity index (χ2v) is 3.65. The van der Waals surface area contributed by atoms with Crippen molar-refractivity contribution in [2.45, 2.75) is 45.1 Å². The summed E-state index contributed by atoms with van der Waals surface area (Å²) >= 11 is 0. The molecule has 0 aliphatic carbocycles. The van der Waals surface area contributed by atoms with Crippen molar-refractivity contribution < 1.29 is 5.11 Å². The van der Waals surface area contributed by atoms with Crippen LogP contribution in [-0.2, 0) is 0 Å². The van der Waals surface area contributed by atoms with Gasteiger partial charge in [0.1, 0.15) is 5.76 Å². The number of allylic oxidation sites excluding steroid dienone is 1. The fourth-order valence-corrected chi connectivity index (χ4v) is 1.13. The predicted molar refractivity (Wildman–Crippen MR) is 57.6 cm³/mol. The Morgan fingerprint density at radius 2 is 1.92 bits per heavy atom. The summed E-state index contributed by atoms with van der Waals surface area (Å²) in [6, 6.07) is -0.246. The van der Waals surface area contributed by atoms with Crippen LogP contribution in [0.25, 0.3) is 0 Å². The molecule has 1 atom stereocenters. The Morgan fingerprint density at radius 1 is 1.31 bits per heavy atom. The van der Waals surface area contributed by atoms with Crippen LogP contribution < -0.4 is 5.73 Å².